The summed E-state index contributed by atoms with van der Waals surface area (Å²) in [6.45, 7) is 0.120. The van der Waals surface area contributed by atoms with Gasteiger partial charge in [-0.15, -0.1) is 11.3 Å². The number of nitrogens with zero attached hydrogens (tertiary/aromatic N) is 1. The van der Waals surface area contributed by atoms with Crippen molar-refractivity contribution in [1.29, 1.82) is 0 Å². The molecule has 0 aliphatic heterocycles. The summed E-state index contributed by atoms with van der Waals surface area (Å²) in [5.74, 6) is 0.0527. The van der Waals surface area contributed by atoms with Crippen molar-refractivity contribution in [3.63, 3.8) is 0 Å². The highest BCUT2D eigenvalue weighted by Gasteiger charge is 2.27. The molecular formula is C10H13N2O2PS. The van der Waals surface area contributed by atoms with Crippen LogP contribution in [-0.2, 0) is 24.2 Å². The van der Waals surface area contributed by atoms with Crippen LogP contribution in [-0.4, -0.2) is 5.52 Å². The van der Waals surface area contributed by atoms with E-state index >= 15 is 0 Å². The first-order valence-corrected chi connectivity index (χ1v) is 6.50. The van der Waals surface area contributed by atoms with Crippen LogP contribution < -0.4 is 5.73 Å². The molecule has 1 aliphatic rings. The maximum atomic E-state index is 11.3. The minimum absolute atomic E-state index is 0.0527. The molecule has 0 amide bonds. The molecule has 2 N–H and O–H groups in total. The fourth-order valence-electron chi connectivity index (χ4n) is 2.15. The van der Waals surface area contributed by atoms with Gasteiger partial charge in [0.25, 0.3) is 0 Å². The minimum Gasteiger partial charge on any atom is -0.390 e. The van der Waals surface area contributed by atoms with Crippen LogP contribution >= 0.6 is 20.6 Å². The molecule has 86 valence electrons. The highest BCUT2D eigenvalue weighted by molar-refractivity contribution is 7.40. The summed E-state index contributed by atoms with van der Waals surface area (Å²) in [5.41, 5.74) is 7.93. The molecule has 16 heavy (non-hydrogen) atoms. The number of nitrogens with two attached hydrogens (primary N) is 1. The number of carbonyl (C=O) groups is 1. The Hall–Kier alpha value is -0.800. The van der Waals surface area contributed by atoms with Crippen molar-refractivity contribution in [2.24, 2.45) is 11.1 Å². The lowest BCUT2D eigenvalue weighted by Gasteiger charge is -2.20. The molecule has 2 atom stereocenters. The van der Waals surface area contributed by atoms with E-state index in [1.165, 1.54) is 16.2 Å². The number of rotatable bonds is 3. The van der Waals surface area contributed by atoms with Gasteiger partial charge in [-0.25, -0.2) is 0 Å². The molecule has 0 radical (unpaired) electrons. The summed E-state index contributed by atoms with van der Waals surface area (Å²) >= 11 is 1.53. The van der Waals surface area contributed by atoms with Crippen LogP contribution in [0.15, 0.2) is 5.18 Å². The Morgan fingerprint density at radius 2 is 2.38 bits per heavy atom. The Bertz CT molecular complexity index is 444. The summed E-state index contributed by atoms with van der Waals surface area (Å²) < 4.78 is 0. The molecule has 2 rings (SSSR count). The maximum absolute atomic E-state index is 11.3. The van der Waals surface area contributed by atoms with E-state index in [0.717, 1.165) is 24.0 Å². The molecule has 6 heteroatoms. The Labute approximate surface area is 99.8 Å². The van der Waals surface area contributed by atoms with Crippen LogP contribution in [0.5, 0.6) is 0 Å². The van der Waals surface area contributed by atoms with Crippen LogP contribution in [0, 0.1) is 10.8 Å². The molecule has 0 aromatic carbocycles. The van der Waals surface area contributed by atoms with Crippen LogP contribution in [0.1, 0.15) is 22.4 Å². The second-order valence-corrected chi connectivity index (χ2v) is 5.68. The molecule has 1 aromatic rings. The third-order valence-corrected chi connectivity index (χ3v) is 4.66. The summed E-state index contributed by atoms with van der Waals surface area (Å²) in [4.78, 5) is 22.9. The Balaban J connectivity index is 2.34. The summed E-state index contributed by atoms with van der Waals surface area (Å²) in [7, 11) is 2.24. The SMILES string of the molecule is Nc1sc2c(c1CN=O)CC(C(=O)P)CC2. The molecule has 0 bridgehead atoms. The van der Waals surface area contributed by atoms with E-state index in [-0.39, 0.29) is 18.0 Å². The first kappa shape index (κ1) is 11.7. The Morgan fingerprint density at radius 1 is 1.62 bits per heavy atom. The molecule has 0 spiro atoms. The normalized spacial score (nSPS) is 19.2. The van der Waals surface area contributed by atoms with Crippen molar-refractivity contribution >= 4 is 31.1 Å². The summed E-state index contributed by atoms with van der Waals surface area (Å²) in [5, 5.41) is 3.59. The Kier molecular flexibility index (Phi) is 3.36. The van der Waals surface area contributed by atoms with Crippen molar-refractivity contribution in [3.05, 3.63) is 20.9 Å². The lowest BCUT2D eigenvalue weighted by atomic mass is 9.87. The van der Waals surface area contributed by atoms with Gasteiger partial charge in [-0.2, -0.15) is 4.91 Å². The number of fused-ring (bicyclic) bond motifs is 1. The average Bonchev–Trinajstić information content (AvgIpc) is 2.55. The van der Waals surface area contributed by atoms with Gasteiger partial charge in [-0.3, -0.25) is 4.79 Å². The average molecular weight is 256 g/mol. The standard InChI is InChI=1S/C10H13N2O2PS/c11-9-7(4-12-14)6-3-5(10(13)15)1-2-8(6)16-9/h5H,1-4,11,15H2. The van der Waals surface area contributed by atoms with Crippen LogP contribution in [0.2, 0.25) is 0 Å². The number of aryl methyl sites for hydroxylation is 1. The predicted molar refractivity (Wildman–Crippen MR) is 68.5 cm³/mol. The van der Waals surface area contributed by atoms with E-state index in [1.807, 2.05) is 0 Å². The number of nitrogen functional groups attached to an aromatic ring is 1. The monoisotopic (exact) mass is 256 g/mol. The lowest BCUT2D eigenvalue weighted by molar-refractivity contribution is -0.114. The molecule has 2 unspecified atom stereocenters. The Morgan fingerprint density at radius 3 is 3.00 bits per heavy atom. The third kappa shape index (κ3) is 2.02. The summed E-state index contributed by atoms with van der Waals surface area (Å²) in [6, 6.07) is 0. The van der Waals surface area contributed by atoms with E-state index in [4.69, 9.17) is 5.73 Å². The second kappa shape index (κ2) is 4.60. The van der Waals surface area contributed by atoms with Crippen LogP contribution in [0.25, 0.3) is 0 Å². The molecule has 0 fully saturated rings. The van der Waals surface area contributed by atoms with E-state index in [1.54, 1.807) is 0 Å². The van der Waals surface area contributed by atoms with Crippen LogP contribution in [0.3, 0.4) is 0 Å². The number of thiophene rings is 1. The molecule has 0 saturated heterocycles. The van der Waals surface area contributed by atoms with Gasteiger partial charge in [0.1, 0.15) is 6.54 Å². The zero-order valence-corrected chi connectivity index (χ0v) is 10.7. The number of hydrogen-bond acceptors (Lipinski definition) is 5. The van der Waals surface area contributed by atoms with Gasteiger partial charge < -0.3 is 5.73 Å². The maximum Gasteiger partial charge on any atom is 0.151 e. The zero-order chi connectivity index (χ0) is 11.7. The number of carbonyl (C=O) groups excluding carboxylic acids is 1. The van der Waals surface area contributed by atoms with Gasteiger partial charge in [-0.05, 0) is 24.8 Å². The van der Waals surface area contributed by atoms with Crippen LogP contribution in [0.4, 0.5) is 5.00 Å². The minimum atomic E-state index is 0.0527. The van der Waals surface area contributed by atoms with E-state index in [9.17, 15) is 9.70 Å². The largest absolute Gasteiger partial charge is 0.390 e. The van der Waals surface area contributed by atoms with Gasteiger partial charge >= 0.3 is 0 Å². The van der Waals surface area contributed by atoms with Crippen molar-refractivity contribution in [1.82, 2.24) is 0 Å². The number of hydrogen-bond donors (Lipinski definition) is 1. The van der Waals surface area contributed by atoms with Crippen molar-refractivity contribution in [2.75, 3.05) is 5.73 Å². The molecule has 1 heterocycles. The van der Waals surface area contributed by atoms with Gasteiger partial charge in [0.2, 0.25) is 0 Å². The molecule has 0 saturated carbocycles. The van der Waals surface area contributed by atoms with Crippen molar-refractivity contribution in [2.45, 2.75) is 25.8 Å². The molecular weight excluding hydrogens is 243 g/mol. The van der Waals surface area contributed by atoms with E-state index in [0.29, 0.717) is 11.4 Å². The lowest BCUT2D eigenvalue weighted by Crippen LogP contribution is -2.18. The van der Waals surface area contributed by atoms with E-state index < -0.39 is 0 Å². The van der Waals surface area contributed by atoms with E-state index in [2.05, 4.69) is 14.4 Å². The summed E-state index contributed by atoms with van der Waals surface area (Å²) in [6.07, 6.45) is 2.47. The van der Waals surface area contributed by atoms with Crippen molar-refractivity contribution in [3.8, 4) is 0 Å². The zero-order valence-electron chi connectivity index (χ0n) is 8.73. The smallest absolute Gasteiger partial charge is 0.151 e. The fourth-order valence-corrected chi connectivity index (χ4v) is 3.56. The predicted octanol–water partition coefficient (Wildman–Crippen LogP) is 2.10. The number of anilines is 1. The van der Waals surface area contributed by atoms with Gasteiger partial charge in [0, 0.05) is 16.4 Å². The van der Waals surface area contributed by atoms with Gasteiger partial charge in [0.15, 0.2) is 5.52 Å². The quantitative estimate of drug-likeness (QED) is 0.665. The molecule has 4 nitrogen and oxygen atoms in total. The van der Waals surface area contributed by atoms with Gasteiger partial charge in [0.05, 0.1) is 5.00 Å². The highest BCUT2D eigenvalue weighted by Crippen LogP contribution is 2.39. The fraction of sp³-hybridized carbons (Fsp3) is 0.500. The first-order valence-electron chi connectivity index (χ1n) is 5.10. The third-order valence-electron chi connectivity index (χ3n) is 3.03. The van der Waals surface area contributed by atoms with Crippen molar-refractivity contribution < 1.29 is 4.79 Å². The van der Waals surface area contributed by atoms with Gasteiger partial charge in [-0.1, -0.05) is 14.4 Å². The first-order chi connectivity index (χ1) is 7.63. The molecule has 1 aromatic heterocycles. The number of nitroso groups, excluding NO2 is 1. The topological polar surface area (TPSA) is 72.5 Å². The second-order valence-electron chi connectivity index (χ2n) is 3.98. The molecule has 1 aliphatic carbocycles. The highest BCUT2D eigenvalue weighted by atomic mass is 32.1.